The fourth-order valence-electron chi connectivity index (χ4n) is 1.43. The Bertz CT molecular complexity index is 567. The molecule has 0 aromatic carbocycles. The lowest BCUT2D eigenvalue weighted by molar-refractivity contribution is 0.0937. The van der Waals surface area contributed by atoms with Crippen LogP contribution in [0, 0.1) is 0 Å². The van der Waals surface area contributed by atoms with Crippen LogP contribution in [0.2, 0.25) is 0 Å². The van der Waals surface area contributed by atoms with Crippen molar-refractivity contribution in [2.24, 2.45) is 5.73 Å². The Kier molecular flexibility index (Phi) is 7.35. The minimum absolute atomic E-state index is 0. The van der Waals surface area contributed by atoms with Gasteiger partial charge in [0.1, 0.15) is 0 Å². The SMILES string of the molecule is CC(C)(N)CNC(=O)c1cc(-c2ccncc2)on1.Cl.Cl. The normalized spacial score (nSPS) is 10.2. The lowest BCUT2D eigenvalue weighted by atomic mass is 10.1. The maximum absolute atomic E-state index is 11.8. The van der Waals surface area contributed by atoms with Crippen LogP contribution in [0.3, 0.4) is 0 Å². The van der Waals surface area contributed by atoms with Gasteiger partial charge in [-0.15, -0.1) is 24.8 Å². The number of nitrogens with one attached hydrogen (secondary N) is 1. The van der Waals surface area contributed by atoms with Gasteiger partial charge in [0.25, 0.3) is 5.91 Å². The van der Waals surface area contributed by atoms with E-state index in [0.29, 0.717) is 12.3 Å². The van der Waals surface area contributed by atoms with Crippen molar-refractivity contribution in [1.29, 1.82) is 0 Å². The van der Waals surface area contributed by atoms with Gasteiger partial charge in [0.2, 0.25) is 0 Å². The van der Waals surface area contributed by atoms with Gasteiger partial charge in [-0.05, 0) is 26.0 Å². The Morgan fingerprint density at radius 1 is 1.33 bits per heavy atom. The molecule has 21 heavy (non-hydrogen) atoms. The summed E-state index contributed by atoms with van der Waals surface area (Å²) in [5.74, 6) is 0.224. The molecule has 0 aliphatic rings. The predicted octanol–water partition coefficient (Wildman–Crippen LogP) is 2.05. The summed E-state index contributed by atoms with van der Waals surface area (Å²) >= 11 is 0. The Morgan fingerprint density at radius 2 is 1.95 bits per heavy atom. The van der Waals surface area contributed by atoms with Crippen molar-refractivity contribution < 1.29 is 9.32 Å². The van der Waals surface area contributed by atoms with E-state index in [9.17, 15) is 4.79 Å². The maximum atomic E-state index is 11.8. The number of hydrogen-bond acceptors (Lipinski definition) is 5. The molecule has 2 aromatic rings. The fourth-order valence-corrected chi connectivity index (χ4v) is 1.43. The zero-order valence-electron chi connectivity index (χ0n) is 11.7. The summed E-state index contributed by atoms with van der Waals surface area (Å²) in [6.07, 6.45) is 3.29. The third kappa shape index (κ3) is 5.71. The number of hydrogen-bond donors (Lipinski definition) is 2. The minimum Gasteiger partial charge on any atom is -0.355 e. The van der Waals surface area contributed by atoms with Crippen molar-refractivity contribution in [3.8, 4) is 11.3 Å². The monoisotopic (exact) mass is 332 g/mol. The molecule has 0 bridgehead atoms. The molecule has 8 heteroatoms. The van der Waals surface area contributed by atoms with Crippen molar-refractivity contribution >= 4 is 30.7 Å². The van der Waals surface area contributed by atoms with Gasteiger partial charge in [0, 0.05) is 36.1 Å². The highest BCUT2D eigenvalue weighted by atomic mass is 35.5. The molecule has 2 rings (SSSR count). The van der Waals surface area contributed by atoms with Gasteiger partial charge < -0.3 is 15.6 Å². The second-order valence-electron chi connectivity index (χ2n) is 4.98. The maximum Gasteiger partial charge on any atom is 0.273 e. The first kappa shape index (κ1) is 19.4. The molecule has 116 valence electrons. The summed E-state index contributed by atoms with van der Waals surface area (Å²) in [6, 6.07) is 5.16. The van der Waals surface area contributed by atoms with Crippen LogP contribution in [0.5, 0.6) is 0 Å². The third-order valence-electron chi connectivity index (χ3n) is 2.41. The predicted molar refractivity (Wildman–Crippen MR) is 84.8 cm³/mol. The smallest absolute Gasteiger partial charge is 0.273 e. The van der Waals surface area contributed by atoms with Gasteiger partial charge >= 0.3 is 0 Å². The highest BCUT2D eigenvalue weighted by Crippen LogP contribution is 2.18. The van der Waals surface area contributed by atoms with E-state index < -0.39 is 5.54 Å². The van der Waals surface area contributed by atoms with Crippen molar-refractivity contribution in [3.63, 3.8) is 0 Å². The van der Waals surface area contributed by atoms with E-state index in [1.54, 1.807) is 30.6 Å². The fraction of sp³-hybridized carbons (Fsp3) is 0.308. The average molecular weight is 333 g/mol. The summed E-state index contributed by atoms with van der Waals surface area (Å²) in [5, 5.41) is 6.45. The van der Waals surface area contributed by atoms with E-state index in [4.69, 9.17) is 10.3 Å². The van der Waals surface area contributed by atoms with Gasteiger partial charge in [-0.2, -0.15) is 0 Å². The summed E-state index contributed by atoms with van der Waals surface area (Å²) in [6.45, 7) is 4.03. The van der Waals surface area contributed by atoms with Gasteiger partial charge in [-0.25, -0.2) is 0 Å². The lowest BCUT2D eigenvalue weighted by Gasteiger charge is -2.18. The Hall–Kier alpha value is -1.63. The molecular formula is C13H18Cl2N4O2. The molecule has 2 aromatic heterocycles. The lowest BCUT2D eigenvalue weighted by Crippen LogP contribution is -2.45. The summed E-state index contributed by atoms with van der Waals surface area (Å²) in [4.78, 5) is 15.7. The number of pyridine rings is 1. The number of nitrogens with two attached hydrogens (primary N) is 1. The number of rotatable bonds is 4. The first-order valence-corrected chi connectivity index (χ1v) is 5.90. The molecule has 6 nitrogen and oxygen atoms in total. The second kappa shape index (κ2) is 7.97. The van der Waals surface area contributed by atoms with E-state index in [2.05, 4.69) is 15.5 Å². The third-order valence-corrected chi connectivity index (χ3v) is 2.41. The van der Waals surface area contributed by atoms with Gasteiger partial charge in [0.15, 0.2) is 11.5 Å². The van der Waals surface area contributed by atoms with Crippen molar-refractivity contribution in [1.82, 2.24) is 15.5 Å². The minimum atomic E-state index is -0.465. The molecule has 0 radical (unpaired) electrons. The number of amides is 1. The Balaban J connectivity index is 0.00000200. The first-order chi connectivity index (χ1) is 8.96. The van der Waals surface area contributed by atoms with E-state index in [0.717, 1.165) is 5.56 Å². The molecule has 0 spiro atoms. The molecule has 3 N–H and O–H groups in total. The topological polar surface area (TPSA) is 94.0 Å². The number of carbonyl (C=O) groups is 1. The summed E-state index contributed by atoms with van der Waals surface area (Å²) in [7, 11) is 0. The molecule has 0 aliphatic carbocycles. The van der Waals surface area contributed by atoms with Crippen LogP contribution in [0.4, 0.5) is 0 Å². The van der Waals surface area contributed by atoms with E-state index >= 15 is 0 Å². The van der Waals surface area contributed by atoms with Crippen molar-refractivity contribution in [2.45, 2.75) is 19.4 Å². The largest absolute Gasteiger partial charge is 0.355 e. The van der Waals surface area contributed by atoms with Crippen LogP contribution < -0.4 is 11.1 Å². The summed E-state index contributed by atoms with van der Waals surface area (Å²) in [5.41, 5.74) is 6.38. The molecule has 0 atom stereocenters. The number of carbonyl (C=O) groups excluding carboxylic acids is 1. The highest BCUT2D eigenvalue weighted by molar-refractivity contribution is 5.93. The van der Waals surface area contributed by atoms with Gasteiger partial charge in [-0.3, -0.25) is 9.78 Å². The highest BCUT2D eigenvalue weighted by Gasteiger charge is 2.16. The first-order valence-electron chi connectivity index (χ1n) is 5.90. The van der Waals surface area contributed by atoms with E-state index in [1.807, 2.05) is 13.8 Å². The van der Waals surface area contributed by atoms with E-state index in [-0.39, 0.29) is 36.4 Å². The molecule has 0 fully saturated rings. The molecule has 2 heterocycles. The zero-order chi connectivity index (χ0) is 13.9. The molecule has 1 amide bonds. The zero-order valence-corrected chi connectivity index (χ0v) is 13.3. The van der Waals surface area contributed by atoms with E-state index in [1.165, 1.54) is 0 Å². The van der Waals surface area contributed by atoms with Crippen LogP contribution in [0.15, 0.2) is 35.1 Å². The van der Waals surface area contributed by atoms with Crippen LogP contribution in [0.1, 0.15) is 24.3 Å². The van der Waals surface area contributed by atoms with Gasteiger partial charge in [0.05, 0.1) is 0 Å². The van der Waals surface area contributed by atoms with Crippen LogP contribution in [0.25, 0.3) is 11.3 Å². The molecule has 0 unspecified atom stereocenters. The standard InChI is InChI=1S/C13H16N4O2.2ClH/c1-13(2,14)8-16-12(18)10-7-11(19-17-10)9-3-5-15-6-4-9;;/h3-7H,8,14H2,1-2H3,(H,16,18);2*1H. The molecule has 0 saturated heterocycles. The quantitative estimate of drug-likeness (QED) is 0.893. The number of halogens is 2. The molecule has 0 aliphatic heterocycles. The van der Waals surface area contributed by atoms with Crippen LogP contribution in [-0.2, 0) is 0 Å². The molecular weight excluding hydrogens is 315 g/mol. The second-order valence-corrected chi connectivity index (χ2v) is 4.98. The van der Waals surface area contributed by atoms with Crippen molar-refractivity contribution in [3.05, 3.63) is 36.3 Å². The number of nitrogens with zero attached hydrogens (tertiary/aromatic N) is 2. The Labute approximate surface area is 135 Å². The van der Waals surface area contributed by atoms with Crippen molar-refractivity contribution in [2.75, 3.05) is 6.54 Å². The van der Waals surface area contributed by atoms with Crippen LogP contribution >= 0.6 is 24.8 Å². The van der Waals surface area contributed by atoms with Gasteiger partial charge in [-0.1, -0.05) is 5.16 Å². The molecule has 0 saturated carbocycles. The Morgan fingerprint density at radius 3 is 2.52 bits per heavy atom. The number of aromatic nitrogens is 2. The summed E-state index contributed by atoms with van der Waals surface area (Å²) < 4.78 is 5.13. The average Bonchev–Trinajstić information content (AvgIpc) is 2.86. The van der Waals surface area contributed by atoms with Crippen LogP contribution in [-0.4, -0.2) is 28.1 Å².